The Bertz CT molecular complexity index is 168. The van der Waals surface area contributed by atoms with E-state index in [1.54, 1.807) is 0 Å². The third-order valence-corrected chi connectivity index (χ3v) is 3.96. The number of hydrogen-bond acceptors (Lipinski definition) is 2. The maximum absolute atomic E-state index is 6.03. The van der Waals surface area contributed by atoms with Crippen molar-refractivity contribution in [1.82, 2.24) is 5.32 Å². The van der Waals surface area contributed by atoms with Crippen LogP contribution in [0.3, 0.4) is 0 Å². The van der Waals surface area contributed by atoms with Gasteiger partial charge >= 0.3 is 0 Å². The van der Waals surface area contributed by atoms with Crippen molar-refractivity contribution in [2.75, 3.05) is 6.54 Å². The van der Waals surface area contributed by atoms with Gasteiger partial charge in [0.05, 0.1) is 0 Å². The van der Waals surface area contributed by atoms with Gasteiger partial charge in [0.2, 0.25) is 0 Å². The van der Waals surface area contributed by atoms with Crippen LogP contribution in [0.25, 0.3) is 0 Å². The Morgan fingerprint density at radius 2 is 1.62 bits per heavy atom. The molecule has 0 heterocycles. The third kappa shape index (κ3) is 4.06. The summed E-state index contributed by atoms with van der Waals surface area (Å²) in [4.78, 5) is 0. The molecule has 0 aromatic rings. The molecule has 0 atom stereocenters. The van der Waals surface area contributed by atoms with Gasteiger partial charge in [-0.3, -0.25) is 0 Å². The van der Waals surface area contributed by atoms with Crippen molar-refractivity contribution < 1.29 is 0 Å². The van der Waals surface area contributed by atoms with Crippen LogP contribution in [0.4, 0.5) is 0 Å². The summed E-state index contributed by atoms with van der Waals surface area (Å²) >= 11 is 0. The number of rotatable bonds is 7. The normalized spacial score (nSPS) is 18.9. The zero-order valence-electron chi connectivity index (χ0n) is 11.2. The first-order valence-electron chi connectivity index (χ1n) is 7.24. The average Bonchev–Trinajstić information content (AvgIpc) is 2.31. The molecule has 0 unspecified atom stereocenters. The van der Waals surface area contributed by atoms with Crippen LogP contribution in [0.1, 0.15) is 71.6 Å². The van der Waals surface area contributed by atoms with Crippen molar-refractivity contribution in [1.29, 1.82) is 0 Å². The lowest BCUT2D eigenvalue weighted by Gasteiger charge is -2.39. The lowest BCUT2D eigenvalue weighted by atomic mass is 9.85. The quantitative estimate of drug-likeness (QED) is 0.699. The van der Waals surface area contributed by atoms with Gasteiger partial charge in [-0.15, -0.1) is 0 Å². The molecule has 0 spiro atoms. The molecule has 2 nitrogen and oxygen atoms in total. The van der Waals surface area contributed by atoms with Crippen LogP contribution in [0.15, 0.2) is 0 Å². The van der Waals surface area contributed by atoms with Gasteiger partial charge < -0.3 is 11.1 Å². The lowest BCUT2D eigenvalue weighted by molar-refractivity contribution is 0.221. The minimum atomic E-state index is 0.228. The van der Waals surface area contributed by atoms with E-state index in [1.807, 2.05) is 0 Å². The Morgan fingerprint density at radius 1 is 1.06 bits per heavy atom. The zero-order valence-corrected chi connectivity index (χ0v) is 11.2. The van der Waals surface area contributed by atoms with Crippen LogP contribution in [0, 0.1) is 0 Å². The monoisotopic (exact) mass is 226 g/mol. The van der Waals surface area contributed by atoms with E-state index < -0.39 is 0 Å². The van der Waals surface area contributed by atoms with E-state index in [9.17, 15) is 0 Å². The SMILES string of the molecule is CCCC(CN)(CCC)NC1CCCCC1. The molecule has 0 radical (unpaired) electrons. The summed E-state index contributed by atoms with van der Waals surface area (Å²) in [6.07, 6.45) is 11.9. The third-order valence-electron chi connectivity index (χ3n) is 3.96. The number of nitrogens with two attached hydrogens (primary N) is 1. The molecule has 1 aliphatic carbocycles. The van der Waals surface area contributed by atoms with Crippen molar-refractivity contribution in [3.8, 4) is 0 Å². The first-order chi connectivity index (χ1) is 7.76. The van der Waals surface area contributed by atoms with E-state index >= 15 is 0 Å². The molecular formula is C14H30N2. The largest absolute Gasteiger partial charge is 0.329 e. The van der Waals surface area contributed by atoms with Gasteiger partial charge in [0.15, 0.2) is 0 Å². The van der Waals surface area contributed by atoms with Gasteiger partial charge in [-0.2, -0.15) is 0 Å². The van der Waals surface area contributed by atoms with Crippen molar-refractivity contribution in [2.24, 2.45) is 5.73 Å². The van der Waals surface area contributed by atoms with Crippen LogP contribution < -0.4 is 11.1 Å². The Balaban J connectivity index is 2.52. The van der Waals surface area contributed by atoms with E-state index in [4.69, 9.17) is 5.73 Å². The molecule has 16 heavy (non-hydrogen) atoms. The minimum absolute atomic E-state index is 0.228. The molecule has 1 fully saturated rings. The Kier molecular flexibility index (Phi) is 6.37. The molecule has 0 saturated heterocycles. The maximum Gasteiger partial charge on any atom is 0.0306 e. The van der Waals surface area contributed by atoms with E-state index in [2.05, 4.69) is 19.2 Å². The summed E-state index contributed by atoms with van der Waals surface area (Å²) in [6, 6.07) is 0.732. The highest BCUT2D eigenvalue weighted by Gasteiger charge is 2.29. The smallest absolute Gasteiger partial charge is 0.0306 e. The van der Waals surface area contributed by atoms with E-state index in [-0.39, 0.29) is 5.54 Å². The Morgan fingerprint density at radius 3 is 2.06 bits per heavy atom. The van der Waals surface area contributed by atoms with E-state index in [1.165, 1.54) is 57.8 Å². The molecular weight excluding hydrogens is 196 g/mol. The Labute approximate surface area is 101 Å². The van der Waals surface area contributed by atoms with Gasteiger partial charge in [0.1, 0.15) is 0 Å². The summed E-state index contributed by atoms with van der Waals surface area (Å²) in [6.45, 7) is 5.33. The van der Waals surface area contributed by atoms with Crippen LogP contribution in [-0.4, -0.2) is 18.1 Å². The summed E-state index contributed by atoms with van der Waals surface area (Å²) in [5, 5.41) is 3.90. The molecule has 2 heteroatoms. The predicted molar refractivity (Wildman–Crippen MR) is 71.6 cm³/mol. The van der Waals surface area contributed by atoms with Gasteiger partial charge in [0, 0.05) is 18.1 Å². The van der Waals surface area contributed by atoms with Crippen LogP contribution in [-0.2, 0) is 0 Å². The highest BCUT2D eigenvalue weighted by Crippen LogP contribution is 2.24. The predicted octanol–water partition coefficient (Wildman–Crippen LogP) is 3.21. The molecule has 1 rings (SSSR count). The second kappa shape index (κ2) is 7.29. The van der Waals surface area contributed by atoms with Crippen LogP contribution in [0.2, 0.25) is 0 Å². The lowest BCUT2D eigenvalue weighted by Crippen LogP contribution is -2.55. The van der Waals surface area contributed by atoms with Gasteiger partial charge in [-0.05, 0) is 25.7 Å². The highest BCUT2D eigenvalue weighted by atomic mass is 15.0. The molecule has 0 aromatic heterocycles. The highest BCUT2D eigenvalue weighted by molar-refractivity contribution is 4.92. The molecule has 1 saturated carbocycles. The van der Waals surface area contributed by atoms with Gasteiger partial charge in [-0.25, -0.2) is 0 Å². The average molecular weight is 226 g/mol. The standard InChI is InChI=1S/C14H30N2/c1-3-10-14(12-15,11-4-2)16-13-8-6-5-7-9-13/h13,16H,3-12,15H2,1-2H3. The maximum atomic E-state index is 6.03. The van der Waals surface area contributed by atoms with Crippen molar-refractivity contribution in [2.45, 2.75) is 83.2 Å². The van der Waals surface area contributed by atoms with Gasteiger partial charge in [-0.1, -0.05) is 46.0 Å². The number of nitrogens with one attached hydrogen (secondary N) is 1. The first kappa shape index (κ1) is 14.0. The van der Waals surface area contributed by atoms with Crippen molar-refractivity contribution >= 4 is 0 Å². The fraction of sp³-hybridized carbons (Fsp3) is 1.00. The second-order valence-corrected chi connectivity index (χ2v) is 5.46. The zero-order chi connectivity index (χ0) is 11.9. The second-order valence-electron chi connectivity index (χ2n) is 5.46. The summed E-state index contributed by atoms with van der Waals surface area (Å²) in [5.74, 6) is 0. The van der Waals surface area contributed by atoms with Crippen LogP contribution in [0.5, 0.6) is 0 Å². The van der Waals surface area contributed by atoms with E-state index in [0.717, 1.165) is 12.6 Å². The van der Waals surface area contributed by atoms with Crippen molar-refractivity contribution in [3.63, 3.8) is 0 Å². The van der Waals surface area contributed by atoms with Crippen molar-refractivity contribution in [3.05, 3.63) is 0 Å². The summed E-state index contributed by atoms with van der Waals surface area (Å²) in [7, 11) is 0. The first-order valence-corrected chi connectivity index (χ1v) is 7.24. The molecule has 3 N–H and O–H groups in total. The van der Waals surface area contributed by atoms with Gasteiger partial charge in [0.25, 0.3) is 0 Å². The molecule has 0 aromatic carbocycles. The molecule has 96 valence electrons. The molecule has 1 aliphatic rings. The fourth-order valence-electron chi connectivity index (χ4n) is 3.17. The molecule has 0 aliphatic heterocycles. The fourth-order valence-corrected chi connectivity index (χ4v) is 3.17. The number of hydrogen-bond donors (Lipinski definition) is 2. The summed E-state index contributed by atoms with van der Waals surface area (Å²) < 4.78 is 0. The van der Waals surface area contributed by atoms with Crippen LogP contribution >= 0.6 is 0 Å². The van der Waals surface area contributed by atoms with E-state index in [0.29, 0.717) is 0 Å². The molecule has 0 bridgehead atoms. The molecule has 0 amide bonds. The summed E-state index contributed by atoms with van der Waals surface area (Å²) in [5.41, 5.74) is 6.26. The Hall–Kier alpha value is -0.0800. The minimum Gasteiger partial charge on any atom is -0.329 e. The topological polar surface area (TPSA) is 38.0 Å².